The number of fused-ring (bicyclic) bond motifs is 3. The Balaban J connectivity index is 1.34. The maximum atomic E-state index is 12.6. The van der Waals surface area contributed by atoms with Crippen LogP contribution in [0, 0.1) is 0 Å². The van der Waals surface area contributed by atoms with Gasteiger partial charge in [-0.25, -0.2) is 4.79 Å². The summed E-state index contributed by atoms with van der Waals surface area (Å²) >= 11 is 0. The maximum Gasteiger partial charge on any atom is 0.407 e. The molecule has 4 rings (SSSR count). The lowest BCUT2D eigenvalue weighted by Gasteiger charge is -2.18. The number of alkyl carbamates (subject to hydrolysis) is 1. The normalized spacial score (nSPS) is 12.7. The first-order valence-corrected chi connectivity index (χ1v) is 11.5. The molecule has 3 aromatic carbocycles. The second-order valence-corrected chi connectivity index (χ2v) is 8.41. The van der Waals surface area contributed by atoms with Gasteiger partial charge in [0.2, 0.25) is 0 Å². The number of benzene rings is 3. The van der Waals surface area contributed by atoms with Crippen molar-refractivity contribution in [1.82, 2.24) is 5.32 Å². The largest absolute Gasteiger partial charge is 0.481 e. The van der Waals surface area contributed by atoms with Crippen LogP contribution in [-0.4, -0.2) is 41.6 Å². The molecule has 0 saturated carbocycles. The van der Waals surface area contributed by atoms with Gasteiger partial charge in [0.05, 0.1) is 6.42 Å². The number of esters is 1. The number of aliphatic carboxylic acids is 1. The van der Waals surface area contributed by atoms with Crippen molar-refractivity contribution in [3.8, 4) is 11.1 Å². The molecule has 0 aliphatic heterocycles. The molecule has 1 unspecified atom stereocenters. The molecule has 2 N–H and O–H groups in total. The summed E-state index contributed by atoms with van der Waals surface area (Å²) in [5.41, 5.74) is 4.92. The van der Waals surface area contributed by atoms with Crippen molar-refractivity contribution in [1.29, 1.82) is 0 Å². The van der Waals surface area contributed by atoms with Gasteiger partial charge in [-0.15, -0.1) is 0 Å². The van der Waals surface area contributed by atoms with E-state index in [2.05, 4.69) is 5.32 Å². The van der Waals surface area contributed by atoms with Crippen LogP contribution in [0.4, 0.5) is 4.79 Å². The van der Waals surface area contributed by atoms with E-state index in [1.165, 1.54) is 0 Å². The van der Waals surface area contributed by atoms with Gasteiger partial charge < -0.3 is 19.9 Å². The van der Waals surface area contributed by atoms with E-state index in [0.717, 1.165) is 27.8 Å². The molecule has 8 heteroatoms. The van der Waals surface area contributed by atoms with Crippen LogP contribution in [0.3, 0.4) is 0 Å². The summed E-state index contributed by atoms with van der Waals surface area (Å²) in [6, 6.07) is 23.2. The molecule has 1 aliphatic rings. The first kappa shape index (κ1) is 24.7. The van der Waals surface area contributed by atoms with Gasteiger partial charge in [-0.1, -0.05) is 78.9 Å². The van der Waals surface area contributed by atoms with Crippen LogP contribution in [0.5, 0.6) is 0 Å². The Morgan fingerprint density at radius 3 is 2.00 bits per heavy atom. The molecular weight excluding hydrogens is 462 g/mol. The lowest BCUT2D eigenvalue weighted by Crippen LogP contribution is -2.43. The zero-order valence-electron chi connectivity index (χ0n) is 19.4. The van der Waals surface area contributed by atoms with Crippen LogP contribution in [0.1, 0.15) is 35.4 Å². The number of carboxylic acids is 1. The van der Waals surface area contributed by atoms with Crippen LogP contribution in [0.25, 0.3) is 11.1 Å². The average Bonchev–Trinajstić information content (AvgIpc) is 3.20. The van der Waals surface area contributed by atoms with Crippen molar-refractivity contribution in [3.63, 3.8) is 0 Å². The number of hydrogen-bond acceptors (Lipinski definition) is 6. The first-order valence-electron chi connectivity index (χ1n) is 11.5. The van der Waals surface area contributed by atoms with Crippen molar-refractivity contribution in [2.75, 3.05) is 6.61 Å². The summed E-state index contributed by atoms with van der Waals surface area (Å²) in [6.45, 7) is -0.0106. The Hall–Kier alpha value is -4.46. The van der Waals surface area contributed by atoms with Crippen LogP contribution in [-0.2, 0) is 30.5 Å². The van der Waals surface area contributed by atoms with Crippen molar-refractivity contribution in [3.05, 3.63) is 95.6 Å². The van der Waals surface area contributed by atoms with Crippen LogP contribution in [0.15, 0.2) is 78.9 Å². The Kier molecular flexibility index (Phi) is 7.75. The van der Waals surface area contributed by atoms with E-state index < -0.39 is 42.7 Å². The fraction of sp³-hybridized carbons (Fsp3) is 0.214. The van der Waals surface area contributed by atoms with E-state index in [4.69, 9.17) is 9.47 Å². The Bertz CT molecular complexity index is 1230. The van der Waals surface area contributed by atoms with Gasteiger partial charge in [-0.3, -0.25) is 14.4 Å². The summed E-state index contributed by atoms with van der Waals surface area (Å²) in [4.78, 5) is 48.5. The third-order valence-corrected chi connectivity index (χ3v) is 5.96. The highest BCUT2D eigenvalue weighted by Gasteiger charge is 2.30. The number of Topliss-reactive ketones (excluding diaryl/α,β-unsaturated/α-hetero) is 1. The topological polar surface area (TPSA) is 119 Å². The summed E-state index contributed by atoms with van der Waals surface area (Å²) in [5, 5.41) is 11.5. The van der Waals surface area contributed by atoms with Crippen molar-refractivity contribution < 1.29 is 33.8 Å². The highest BCUT2D eigenvalue weighted by molar-refractivity contribution is 6.01. The zero-order chi connectivity index (χ0) is 25.5. The van der Waals surface area contributed by atoms with Crippen LogP contribution < -0.4 is 5.32 Å². The van der Waals surface area contributed by atoms with E-state index in [-0.39, 0.29) is 19.1 Å². The van der Waals surface area contributed by atoms with Crippen molar-refractivity contribution in [2.45, 2.75) is 31.4 Å². The predicted molar refractivity (Wildman–Crippen MR) is 130 cm³/mol. The number of carboxylic acid groups (broad SMARTS) is 1. The number of rotatable bonds is 10. The molecule has 8 nitrogen and oxygen atoms in total. The van der Waals surface area contributed by atoms with Crippen LogP contribution >= 0.6 is 0 Å². The number of hydrogen-bond donors (Lipinski definition) is 2. The third kappa shape index (κ3) is 5.96. The fourth-order valence-corrected chi connectivity index (χ4v) is 4.26. The molecule has 0 spiro atoms. The van der Waals surface area contributed by atoms with Gasteiger partial charge in [0, 0.05) is 5.92 Å². The molecular formula is C28H25NO7. The molecule has 0 radical (unpaired) electrons. The number of nitrogens with one attached hydrogen (secondary N) is 1. The van der Waals surface area contributed by atoms with E-state index in [0.29, 0.717) is 0 Å². The third-order valence-electron chi connectivity index (χ3n) is 5.96. The number of amides is 1. The maximum absolute atomic E-state index is 12.6. The Morgan fingerprint density at radius 2 is 1.39 bits per heavy atom. The molecule has 0 bridgehead atoms. The van der Waals surface area contributed by atoms with Crippen LogP contribution in [0.2, 0.25) is 0 Å². The average molecular weight is 488 g/mol. The first-order chi connectivity index (χ1) is 17.4. The molecule has 0 saturated heterocycles. The summed E-state index contributed by atoms with van der Waals surface area (Å²) in [5.74, 6) is -3.08. The van der Waals surface area contributed by atoms with E-state index in [1.807, 2.05) is 54.6 Å². The van der Waals surface area contributed by atoms with Gasteiger partial charge in [-0.05, 0) is 27.8 Å². The standard InChI is InChI=1S/C28H25NO7/c30-25(15-27(33)35-16-18-8-2-1-3-9-18)24(14-26(31)32)29-28(34)36-17-23-21-12-6-4-10-19(21)20-11-5-7-13-22(20)23/h1-13,23-24H,14-17H2,(H,29,34)(H,31,32). The molecule has 36 heavy (non-hydrogen) atoms. The molecule has 3 aromatic rings. The Labute approximate surface area is 207 Å². The Morgan fingerprint density at radius 1 is 0.806 bits per heavy atom. The molecule has 184 valence electrons. The smallest absolute Gasteiger partial charge is 0.407 e. The molecule has 0 aromatic heterocycles. The molecule has 1 aliphatic carbocycles. The summed E-state index contributed by atoms with van der Waals surface area (Å²) < 4.78 is 10.5. The summed E-state index contributed by atoms with van der Waals surface area (Å²) in [7, 11) is 0. The molecule has 1 atom stereocenters. The predicted octanol–water partition coefficient (Wildman–Crippen LogP) is 4.07. The lowest BCUT2D eigenvalue weighted by atomic mass is 9.98. The molecule has 0 fully saturated rings. The van der Waals surface area contributed by atoms with Gasteiger partial charge in [-0.2, -0.15) is 0 Å². The number of carbonyl (C=O) groups excluding carboxylic acids is 3. The lowest BCUT2D eigenvalue weighted by molar-refractivity contribution is -0.148. The monoisotopic (exact) mass is 487 g/mol. The second-order valence-electron chi connectivity index (χ2n) is 8.41. The second kappa shape index (κ2) is 11.3. The number of ketones is 1. The van der Waals surface area contributed by atoms with Gasteiger partial charge in [0.1, 0.15) is 25.7 Å². The SMILES string of the molecule is O=C(O)CC(NC(=O)OCC1c2ccccc2-c2ccccc21)C(=O)CC(=O)OCc1ccccc1. The summed E-state index contributed by atoms with van der Waals surface area (Å²) in [6.07, 6.45) is -2.29. The molecule has 1 amide bonds. The van der Waals surface area contributed by atoms with Crippen molar-refractivity contribution >= 4 is 23.8 Å². The van der Waals surface area contributed by atoms with E-state index >= 15 is 0 Å². The fourth-order valence-electron chi connectivity index (χ4n) is 4.26. The van der Waals surface area contributed by atoms with Gasteiger partial charge in [0.15, 0.2) is 5.78 Å². The molecule has 0 heterocycles. The minimum atomic E-state index is -1.43. The minimum absolute atomic E-state index is 0.00690. The van der Waals surface area contributed by atoms with Crippen molar-refractivity contribution in [2.24, 2.45) is 0 Å². The van der Waals surface area contributed by atoms with Gasteiger partial charge in [0.25, 0.3) is 0 Å². The zero-order valence-corrected chi connectivity index (χ0v) is 19.4. The minimum Gasteiger partial charge on any atom is -0.481 e. The van der Waals surface area contributed by atoms with E-state index in [1.54, 1.807) is 24.3 Å². The van der Waals surface area contributed by atoms with Gasteiger partial charge >= 0.3 is 18.0 Å². The highest BCUT2D eigenvalue weighted by atomic mass is 16.5. The number of carbonyl (C=O) groups is 4. The number of ether oxygens (including phenoxy) is 2. The highest BCUT2D eigenvalue weighted by Crippen LogP contribution is 2.44. The quantitative estimate of drug-likeness (QED) is 0.327. The van der Waals surface area contributed by atoms with E-state index in [9.17, 15) is 24.3 Å².